The first-order valence-corrected chi connectivity index (χ1v) is 16.3. The van der Waals surface area contributed by atoms with E-state index in [2.05, 4.69) is 36.6 Å². The molecule has 0 spiro atoms. The number of aromatic hydroxyl groups is 1. The lowest BCUT2D eigenvalue weighted by Gasteiger charge is -2.25. The van der Waals surface area contributed by atoms with Crippen LogP contribution in [0.2, 0.25) is 0 Å². The Labute approximate surface area is 281 Å². The first kappa shape index (κ1) is 31.6. The zero-order valence-electron chi connectivity index (χ0n) is 26.8. The fourth-order valence-electron chi connectivity index (χ4n) is 6.45. The fourth-order valence-corrected chi connectivity index (χ4v) is 6.45. The maximum absolute atomic E-state index is 12.9. The number of amides is 1. The molecule has 1 aliphatic rings. The molecule has 12 heteroatoms. The third-order valence-electron chi connectivity index (χ3n) is 8.98. The number of aromatic nitrogens is 6. The highest BCUT2D eigenvalue weighted by Crippen LogP contribution is 2.37. The van der Waals surface area contributed by atoms with Gasteiger partial charge in [0.05, 0.1) is 11.0 Å². The molecule has 4 aromatic carbocycles. The van der Waals surface area contributed by atoms with Crippen molar-refractivity contribution in [3.8, 4) is 45.4 Å². The number of ether oxygens (including phenoxy) is 1. The Hall–Kier alpha value is -6.04. The smallest absolute Gasteiger partial charge is 0.325 e. The van der Waals surface area contributed by atoms with Crippen LogP contribution in [0.1, 0.15) is 61.0 Å². The maximum atomic E-state index is 12.9. The van der Waals surface area contributed by atoms with Crippen molar-refractivity contribution in [3.05, 3.63) is 96.1 Å². The van der Waals surface area contributed by atoms with E-state index in [0.29, 0.717) is 28.7 Å². The van der Waals surface area contributed by atoms with Gasteiger partial charge < -0.3 is 24.8 Å². The van der Waals surface area contributed by atoms with Gasteiger partial charge in [0.1, 0.15) is 30.0 Å². The molecule has 49 heavy (non-hydrogen) atoms. The van der Waals surface area contributed by atoms with Crippen LogP contribution in [0.15, 0.2) is 84.9 Å². The first-order chi connectivity index (χ1) is 23.8. The summed E-state index contributed by atoms with van der Waals surface area (Å²) < 4.78 is 8.62. The largest absolute Gasteiger partial charge is 0.508 e. The number of fused-ring (bicyclic) bond motifs is 1. The van der Waals surface area contributed by atoms with Gasteiger partial charge in [-0.3, -0.25) is 9.59 Å². The molecule has 2 heterocycles. The number of nitrogens with zero attached hydrogens (tertiary/aromatic N) is 5. The van der Waals surface area contributed by atoms with Gasteiger partial charge in [0.2, 0.25) is 5.82 Å². The van der Waals surface area contributed by atoms with Gasteiger partial charge in [0, 0.05) is 22.7 Å². The van der Waals surface area contributed by atoms with Crippen LogP contribution in [0.3, 0.4) is 0 Å². The number of carboxylic acids is 1. The van der Waals surface area contributed by atoms with E-state index in [1.54, 1.807) is 36.4 Å². The van der Waals surface area contributed by atoms with Gasteiger partial charge in [0.15, 0.2) is 0 Å². The summed E-state index contributed by atoms with van der Waals surface area (Å²) in [5, 5.41) is 36.3. The van der Waals surface area contributed by atoms with Crippen LogP contribution >= 0.6 is 0 Å². The standard InChI is InChI=1S/C37H35N7O5/c1-22(37(47)48)38-36(46)26-12-16-31(24-6-5-9-29(45)19-24)27(18-26)21-49-30-14-10-23(11-15-30)35-39-32-20-25(34-40-42-43-41-34)13-17-33(32)44(35)28-7-3-2-4-8-28/h5-6,9-20,22,28,45H,2-4,7-8,21H2,1H3,(H,38,46)(H,47,48)(H,40,41,42,43). The number of phenols is 1. The first-order valence-electron chi connectivity index (χ1n) is 16.3. The van der Waals surface area contributed by atoms with Crippen LogP contribution in [0, 0.1) is 0 Å². The summed E-state index contributed by atoms with van der Waals surface area (Å²) in [6, 6.07) is 25.1. The van der Waals surface area contributed by atoms with Crippen molar-refractivity contribution in [2.45, 2.75) is 57.7 Å². The number of hydrogen-bond donors (Lipinski definition) is 4. The number of aliphatic carboxylic acids is 1. The molecule has 0 bridgehead atoms. The number of carboxylic acid groups (broad SMARTS) is 1. The molecule has 1 amide bonds. The summed E-state index contributed by atoms with van der Waals surface area (Å²) in [5.74, 6) is 0.513. The average Bonchev–Trinajstić information content (AvgIpc) is 3.80. The molecule has 0 radical (unpaired) electrons. The van der Waals surface area contributed by atoms with Crippen molar-refractivity contribution in [3.63, 3.8) is 0 Å². The van der Waals surface area contributed by atoms with Crippen molar-refractivity contribution in [2.75, 3.05) is 0 Å². The van der Waals surface area contributed by atoms with E-state index in [1.165, 1.54) is 26.2 Å². The van der Waals surface area contributed by atoms with Crippen LogP contribution in [-0.4, -0.2) is 58.3 Å². The highest BCUT2D eigenvalue weighted by Gasteiger charge is 2.23. The molecule has 0 saturated heterocycles. The number of nitrogens with one attached hydrogen (secondary N) is 2. The zero-order chi connectivity index (χ0) is 33.9. The highest BCUT2D eigenvalue weighted by atomic mass is 16.5. The molecule has 0 aliphatic heterocycles. The molecule has 1 atom stereocenters. The van der Waals surface area contributed by atoms with Gasteiger partial charge >= 0.3 is 5.97 Å². The Morgan fingerprint density at radius 3 is 2.49 bits per heavy atom. The molecule has 7 rings (SSSR count). The second-order valence-electron chi connectivity index (χ2n) is 12.3. The summed E-state index contributed by atoms with van der Waals surface area (Å²) in [6.07, 6.45) is 5.81. The number of hydrogen-bond acceptors (Lipinski definition) is 8. The summed E-state index contributed by atoms with van der Waals surface area (Å²) >= 11 is 0. The fraction of sp³-hybridized carbons (Fsp3) is 0.243. The van der Waals surface area contributed by atoms with Crippen LogP contribution in [0.4, 0.5) is 0 Å². The second-order valence-corrected chi connectivity index (χ2v) is 12.3. The molecule has 12 nitrogen and oxygen atoms in total. The van der Waals surface area contributed by atoms with Gasteiger partial charge in [-0.15, -0.1) is 10.2 Å². The van der Waals surface area contributed by atoms with Crippen LogP contribution in [-0.2, 0) is 11.4 Å². The molecule has 6 aromatic rings. The molecule has 2 aromatic heterocycles. The third-order valence-corrected chi connectivity index (χ3v) is 8.98. The number of benzene rings is 4. The van der Waals surface area contributed by atoms with Crippen molar-refractivity contribution >= 4 is 22.9 Å². The summed E-state index contributed by atoms with van der Waals surface area (Å²) in [7, 11) is 0. The maximum Gasteiger partial charge on any atom is 0.325 e. The Morgan fingerprint density at radius 1 is 0.959 bits per heavy atom. The Bertz CT molecular complexity index is 2120. The third kappa shape index (κ3) is 6.71. The van der Waals surface area contributed by atoms with E-state index in [-0.39, 0.29) is 12.4 Å². The Balaban J connectivity index is 1.17. The minimum absolute atomic E-state index is 0.113. The summed E-state index contributed by atoms with van der Waals surface area (Å²) in [4.78, 5) is 29.3. The minimum Gasteiger partial charge on any atom is -0.508 e. The molecule has 248 valence electrons. The molecule has 4 N–H and O–H groups in total. The lowest BCUT2D eigenvalue weighted by molar-refractivity contribution is -0.138. The molecule has 1 fully saturated rings. The van der Waals surface area contributed by atoms with Gasteiger partial charge in [0.25, 0.3) is 5.91 Å². The van der Waals surface area contributed by atoms with Crippen LogP contribution in [0.25, 0.3) is 44.9 Å². The van der Waals surface area contributed by atoms with Gasteiger partial charge in [-0.2, -0.15) is 5.21 Å². The molecule has 1 aliphatic carbocycles. The highest BCUT2D eigenvalue weighted by molar-refractivity contribution is 5.97. The van der Waals surface area contributed by atoms with E-state index in [0.717, 1.165) is 52.0 Å². The minimum atomic E-state index is -1.13. The Kier molecular flexibility index (Phi) is 8.75. The quantitative estimate of drug-likeness (QED) is 0.128. The van der Waals surface area contributed by atoms with Crippen molar-refractivity contribution < 1.29 is 24.5 Å². The number of H-pyrrole nitrogens is 1. The number of tetrazole rings is 1. The number of rotatable bonds is 10. The van der Waals surface area contributed by atoms with Crippen molar-refractivity contribution in [1.29, 1.82) is 0 Å². The topological polar surface area (TPSA) is 168 Å². The number of aromatic amines is 1. The molecular weight excluding hydrogens is 622 g/mol. The van der Waals surface area contributed by atoms with E-state index in [9.17, 15) is 19.8 Å². The van der Waals surface area contributed by atoms with Crippen molar-refractivity contribution in [2.24, 2.45) is 0 Å². The normalized spacial score (nSPS) is 14.1. The summed E-state index contributed by atoms with van der Waals surface area (Å²) in [6.45, 7) is 1.53. The summed E-state index contributed by atoms with van der Waals surface area (Å²) in [5.41, 5.74) is 6.26. The van der Waals surface area contributed by atoms with Crippen LogP contribution in [0.5, 0.6) is 11.5 Å². The van der Waals surface area contributed by atoms with Crippen molar-refractivity contribution in [1.82, 2.24) is 35.5 Å². The van der Waals surface area contributed by atoms with Crippen LogP contribution < -0.4 is 10.1 Å². The molecular formula is C37H35N7O5. The number of imidazole rings is 1. The zero-order valence-corrected chi connectivity index (χ0v) is 26.8. The second kappa shape index (κ2) is 13.6. The van der Waals surface area contributed by atoms with Gasteiger partial charge in [-0.05, 0) is 108 Å². The van der Waals surface area contributed by atoms with E-state index in [4.69, 9.17) is 9.72 Å². The lowest BCUT2D eigenvalue weighted by Crippen LogP contribution is -2.38. The number of carbonyl (C=O) groups excluding carboxylic acids is 1. The SMILES string of the molecule is CC(NC(=O)c1ccc(-c2cccc(O)c2)c(COc2ccc(-c3nc4cc(-c5nn[nH]n5)ccc4n3C3CCCCC3)cc2)c1)C(=O)O. The van der Waals surface area contributed by atoms with E-state index >= 15 is 0 Å². The monoisotopic (exact) mass is 657 g/mol. The Morgan fingerprint density at radius 2 is 1.76 bits per heavy atom. The molecule has 1 unspecified atom stereocenters. The van der Waals surface area contributed by atoms with E-state index < -0.39 is 17.9 Å². The van der Waals surface area contributed by atoms with E-state index in [1.807, 2.05) is 42.5 Å². The number of phenolic OH excluding ortho intramolecular Hbond substituents is 1. The predicted octanol–water partition coefficient (Wildman–Crippen LogP) is 6.54. The van der Waals surface area contributed by atoms with Gasteiger partial charge in [-0.1, -0.05) is 37.5 Å². The van der Waals surface area contributed by atoms with Gasteiger partial charge in [-0.25, -0.2) is 4.98 Å². The predicted molar refractivity (Wildman–Crippen MR) is 183 cm³/mol. The molecule has 1 saturated carbocycles. The lowest BCUT2D eigenvalue weighted by atomic mass is 9.95. The average molecular weight is 658 g/mol. The number of carbonyl (C=O) groups is 2.